The summed E-state index contributed by atoms with van der Waals surface area (Å²) in [7, 11) is 0. The Morgan fingerprint density at radius 3 is 3.11 bits per heavy atom. The SMILES string of the molecule is CC1(Cn2c(=S)[nH]c3ccc(C#N)cc32)CCCS1. The van der Waals surface area contributed by atoms with Gasteiger partial charge in [0.25, 0.3) is 0 Å². The normalized spacial score (nSPS) is 22.7. The van der Waals surface area contributed by atoms with E-state index in [9.17, 15) is 0 Å². The molecule has 3 rings (SSSR count). The van der Waals surface area contributed by atoms with Gasteiger partial charge in [-0.2, -0.15) is 17.0 Å². The first-order valence-electron chi connectivity index (χ1n) is 6.38. The van der Waals surface area contributed by atoms with Crippen LogP contribution in [0.3, 0.4) is 0 Å². The number of nitrogens with zero attached hydrogens (tertiary/aromatic N) is 2. The number of nitrogens with one attached hydrogen (secondary N) is 1. The standard InChI is InChI=1S/C14H15N3S2/c1-14(5-2-6-19-14)9-17-12-7-10(8-15)3-4-11(12)16-13(17)18/h3-4,7H,2,5-6,9H2,1H3,(H,16,18). The Balaban J connectivity index is 2.09. The van der Waals surface area contributed by atoms with E-state index in [0.29, 0.717) is 5.56 Å². The van der Waals surface area contributed by atoms with Crippen LogP contribution in [0.5, 0.6) is 0 Å². The number of rotatable bonds is 2. The highest BCUT2D eigenvalue weighted by atomic mass is 32.2. The Bertz CT molecular complexity index is 714. The van der Waals surface area contributed by atoms with Crippen LogP contribution in [-0.2, 0) is 6.54 Å². The van der Waals surface area contributed by atoms with Crippen molar-refractivity contribution in [3.8, 4) is 6.07 Å². The summed E-state index contributed by atoms with van der Waals surface area (Å²) in [4.78, 5) is 3.23. The van der Waals surface area contributed by atoms with Gasteiger partial charge in [0.15, 0.2) is 4.77 Å². The molecule has 0 bridgehead atoms. The maximum atomic E-state index is 9.03. The van der Waals surface area contributed by atoms with Crippen LogP contribution in [0.4, 0.5) is 0 Å². The molecular weight excluding hydrogens is 274 g/mol. The summed E-state index contributed by atoms with van der Waals surface area (Å²) in [5, 5.41) is 9.03. The van der Waals surface area contributed by atoms with E-state index in [1.165, 1.54) is 18.6 Å². The molecule has 1 aromatic heterocycles. The van der Waals surface area contributed by atoms with Crippen molar-refractivity contribution >= 4 is 35.0 Å². The van der Waals surface area contributed by atoms with Gasteiger partial charge in [0.1, 0.15) is 0 Å². The van der Waals surface area contributed by atoms with Crippen LogP contribution in [-0.4, -0.2) is 20.1 Å². The quantitative estimate of drug-likeness (QED) is 0.854. The molecule has 98 valence electrons. The molecule has 1 aromatic carbocycles. The number of benzene rings is 1. The van der Waals surface area contributed by atoms with Crippen molar-refractivity contribution in [1.82, 2.24) is 9.55 Å². The molecule has 19 heavy (non-hydrogen) atoms. The van der Waals surface area contributed by atoms with E-state index >= 15 is 0 Å². The van der Waals surface area contributed by atoms with Crippen molar-refractivity contribution in [2.24, 2.45) is 0 Å². The predicted octanol–water partition coefficient (Wildman–Crippen LogP) is 3.86. The van der Waals surface area contributed by atoms with E-state index in [2.05, 4.69) is 22.5 Å². The fourth-order valence-corrected chi connectivity index (χ4v) is 4.24. The third-order valence-corrected chi connectivity index (χ3v) is 5.54. The summed E-state index contributed by atoms with van der Waals surface area (Å²) in [5.41, 5.74) is 2.73. The Kier molecular flexibility index (Phi) is 3.15. The summed E-state index contributed by atoms with van der Waals surface area (Å²) in [6.45, 7) is 3.21. The lowest BCUT2D eigenvalue weighted by molar-refractivity contribution is 0.515. The summed E-state index contributed by atoms with van der Waals surface area (Å²) in [6.07, 6.45) is 2.50. The molecule has 0 radical (unpaired) electrons. The van der Waals surface area contributed by atoms with Crippen molar-refractivity contribution in [2.45, 2.75) is 31.1 Å². The van der Waals surface area contributed by atoms with Gasteiger partial charge in [-0.15, -0.1) is 0 Å². The third-order valence-electron chi connectivity index (χ3n) is 3.70. The van der Waals surface area contributed by atoms with Crippen LogP contribution in [0.1, 0.15) is 25.3 Å². The second-order valence-electron chi connectivity index (χ2n) is 5.26. The Hall–Kier alpha value is -1.25. The van der Waals surface area contributed by atoms with Crippen LogP contribution in [0.25, 0.3) is 11.0 Å². The minimum absolute atomic E-state index is 0.260. The van der Waals surface area contributed by atoms with E-state index in [4.69, 9.17) is 17.5 Å². The Morgan fingerprint density at radius 2 is 2.42 bits per heavy atom. The summed E-state index contributed by atoms with van der Waals surface area (Å²) < 4.78 is 3.15. The van der Waals surface area contributed by atoms with Gasteiger partial charge in [0.05, 0.1) is 22.7 Å². The van der Waals surface area contributed by atoms with E-state index in [1.807, 2.05) is 30.0 Å². The predicted molar refractivity (Wildman–Crippen MR) is 81.9 cm³/mol. The largest absolute Gasteiger partial charge is 0.331 e. The minimum Gasteiger partial charge on any atom is -0.331 e. The van der Waals surface area contributed by atoms with Gasteiger partial charge >= 0.3 is 0 Å². The molecule has 0 saturated carbocycles. The molecule has 1 aliphatic rings. The van der Waals surface area contributed by atoms with Gasteiger partial charge < -0.3 is 9.55 Å². The number of aromatic nitrogens is 2. The monoisotopic (exact) mass is 289 g/mol. The molecule has 1 aliphatic heterocycles. The highest BCUT2D eigenvalue weighted by Crippen LogP contribution is 2.39. The molecule has 1 fully saturated rings. The maximum Gasteiger partial charge on any atom is 0.178 e. The smallest absolute Gasteiger partial charge is 0.178 e. The van der Waals surface area contributed by atoms with Crippen LogP contribution >= 0.6 is 24.0 Å². The van der Waals surface area contributed by atoms with E-state index < -0.39 is 0 Å². The molecule has 1 atom stereocenters. The van der Waals surface area contributed by atoms with Gasteiger partial charge in [-0.25, -0.2) is 0 Å². The molecular formula is C14H15N3S2. The van der Waals surface area contributed by atoms with Crippen molar-refractivity contribution < 1.29 is 0 Å². The molecule has 1 unspecified atom stereocenters. The number of hydrogen-bond acceptors (Lipinski definition) is 3. The van der Waals surface area contributed by atoms with Crippen molar-refractivity contribution in [2.75, 3.05) is 5.75 Å². The average molecular weight is 289 g/mol. The molecule has 0 aliphatic carbocycles. The van der Waals surface area contributed by atoms with Gasteiger partial charge in [0.2, 0.25) is 0 Å². The first kappa shape index (κ1) is 12.8. The van der Waals surface area contributed by atoms with Gasteiger partial charge in [-0.3, -0.25) is 0 Å². The zero-order chi connectivity index (χ0) is 13.5. The van der Waals surface area contributed by atoms with Gasteiger partial charge in [0, 0.05) is 11.3 Å². The molecule has 5 heteroatoms. The molecule has 1 saturated heterocycles. The summed E-state index contributed by atoms with van der Waals surface area (Å²) in [5.74, 6) is 1.23. The van der Waals surface area contributed by atoms with Gasteiger partial charge in [-0.1, -0.05) is 0 Å². The lowest BCUT2D eigenvalue weighted by Crippen LogP contribution is -2.23. The van der Waals surface area contributed by atoms with Crippen LogP contribution in [0.2, 0.25) is 0 Å². The average Bonchev–Trinajstić information content (AvgIpc) is 2.95. The van der Waals surface area contributed by atoms with E-state index in [-0.39, 0.29) is 4.75 Å². The first-order chi connectivity index (χ1) is 9.11. The highest BCUT2D eigenvalue weighted by molar-refractivity contribution is 8.00. The number of fused-ring (bicyclic) bond motifs is 1. The lowest BCUT2D eigenvalue weighted by atomic mass is 10.1. The van der Waals surface area contributed by atoms with E-state index in [1.54, 1.807) is 0 Å². The molecule has 0 spiro atoms. The van der Waals surface area contributed by atoms with E-state index in [0.717, 1.165) is 22.3 Å². The second-order valence-corrected chi connectivity index (χ2v) is 7.33. The van der Waals surface area contributed by atoms with Crippen LogP contribution in [0.15, 0.2) is 18.2 Å². The fraction of sp³-hybridized carbons (Fsp3) is 0.429. The summed E-state index contributed by atoms with van der Waals surface area (Å²) >= 11 is 7.46. The van der Waals surface area contributed by atoms with Crippen molar-refractivity contribution in [1.29, 1.82) is 5.26 Å². The Labute approximate surface area is 121 Å². The third kappa shape index (κ3) is 2.31. The summed E-state index contributed by atoms with van der Waals surface area (Å²) in [6, 6.07) is 7.87. The number of imidazole rings is 1. The Morgan fingerprint density at radius 1 is 1.58 bits per heavy atom. The van der Waals surface area contributed by atoms with Crippen molar-refractivity contribution in [3.63, 3.8) is 0 Å². The first-order valence-corrected chi connectivity index (χ1v) is 7.77. The van der Waals surface area contributed by atoms with Crippen LogP contribution in [0, 0.1) is 16.1 Å². The van der Waals surface area contributed by atoms with Gasteiger partial charge in [-0.05, 0) is 55.9 Å². The number of thioether (sulfide) groups is 1. The number of aromatic amines is 1. The molecule has 2 aromatic rings. The lowest BCUT2D eigenvalue weighted by Gasteiger charge is -2.23. The number of H-pyrrole nitrogens is 1. The second kappa shape index (κ2) is 4.69. The number of nitriles is 1. The van der Waals surface area contributed by atoms with Crippen LogP contribution < -0.4 is 0 Å². The zero-order valence-corrected chi connectivity index (χ0v) is 12.4. The molecule has 1 N–H and O–H groups in total. The molecule has 3 nitrogen and oxygen atoms in total. The fourth-order valence-electron chi connectivity index (χ4n) is 2.68. The minimum atomic E-state index is 0.260. The maximum absolute atomic E-state index is 9.03. The van der Waals surface area contributed by atoms with Crippen molar-refractivity contribution in [3.05, 3.63) is 28.5 Å². The molecule has 0 amide bonds. The molecule has 2 heterocycles. The highest BCUT2D eigenvalue weighted by Gasteiger charge is 2.30. The topological polar surface area (TPSA) is 44.5 Å². The number of hydrogen-bond donors (Lipinski definition) is 1. The zero-order valence-electron chi connectivity index (χ0n) is 10.8.